The second kappa shape index (κ2) is 6.28. The minimum absolute atomic E-state index is 0.673. The molecule has 0 amide bonds. The smallest absolute Gasteiger partial charge is 0.164 e. The molecular weight excluding hydrogens is 356 g/mol. The summed E-state index contributed by atoms with van der Waals surface area (Å²) in [5, 5.41) is 3.23. The van der Waals surface area contributed by atoms with E-state index in [1.54, 1.807) is 0 Å². The highest BCUT2D eigenvalue weighted by Crippen LogP contribution is 2.36. The summed E-state index contributed by atoms with van der Waals surface area (Å²) in [7, 11) is 0. The van der Waals surface area contributed by atoms with Crippen molar-refractivity contribution in [2.75, 3.05) is 0 Å². The fourth-order valence-corrected chi connectivity index (χ4v) is 3.94. The number of aromatic nitrogens is 2. The Morgan fingerprint density at radius 1 is 0.552 bits per heavy atom. The molecule has 0 bridgehead atoms. The van der Waals surface area contributed by atoms with Gasteiger partial charge < -0.3 is 4.42 Å². The number of rotatable bonds is 2. The Morgan fingerprint density at radius 2 is 1.28 bits per heavy atom. The first-order valence-corrected chi connectivity index (χ1v) is 9.61. The third kappa shape index (κ3) is 2.52. The number of furan rings is 1. The molecule has 6 aromatic rings. The highest BCUT2D eigenvalue weighted by Gasteiger charge is 2.16. The van der Waals surface area contributed by atoms with E-state index in [1.165, 1.54) is 0 Å². The summed E-state index contributed by atoms with van der Waals surface area (Å²) in [5.74, 6) is 0.673. The van der Waals surface area contributed by atoms with E-state index in [2.05, 4.69) is 30.3 Å². The molecule has 0 aliphatic heterocycles. The van der Waals surface area contributed by atoms with Gasteiger partial charge in [0.15, 0.2) is 5.82 Å². The summed E-state index contributed by atoms with van der Waals surface area (Å²) in [4.78, 5) is 9.87. The van der Waals surface area contributed by atoms with Crippen molar-refractivity contribution in [3.05, 3.63) is 97.1 Å². The maximum Gasteiger partial charge on any atom is 0.164 e. The van der Waals surface area contributed by atoms with Crippen LogP contribution in [-0.2, 0) is 0 Å². The number of hydrogen-bond acceptors (Lipinski definition) is 3. The van der Waals surface area contributed by atoms with E-state index in [0.29, 0.717) is 5.82 Å². The van der Waals surface area contributed by atoms with Crippen molar-refractivity contribution in [1.29, 1.82) is 0 Å². The van der Waals surface area contributed by atoms with Gasteiger partial charge in [0.1, 0.15) is 11.2 Å². The van der Waals surface area contributed by atoms with E-state index in [9.17, 15) is 0 Å². The van der Waals surface area contributed by atoms with E-state index in [1.807, 2.05) is 66.7 Å². The second-order valence-corrected chi connectivity index (χ2v) is 7.06. The van der Waals surface area contributed by atoms with E-state index >= 15 is 0 Å². The largest absolute Gasteiger partial charge is 0.455 e. The Kier molecular flexibility index (Phi) is 3.47. The quantitative estimate of drug-likeness (QED) is 0.333. The van der Waals surface area contributed by atoms with Crippen LogP contribution in [-0.4, -0.2) is 9.97 Å². The van der Waals surface area contributed by atoms with Gasteiger partial charge in [0.25, 0.3) is 0 Å². The molecule has 0 aliphatic rings. The first-order chi connectivity index (χ1) is 14.4. The van der Waals surface area contributed by atoms with Gasteiger partial charge in [-0.2, -0.15) is 0 Å². The normalized spacial score (nSPS) is 11.4. The van der Waals surface area contributed by atoms with Gasteiger partial charge in [0, 0.05) is 21.7 Å². The molecule has 0 N–H and O–H groups in total. The molecule has 29 heavy (non-hydrogen) atoms. The van der Waals surface area contributed by atoms with Crippen LogP contribution < -0.4 is 0 Å². The zero-order valence-electron chi connectivity index (χ0n) is 15.5. The van der Waals surface area contributed by atoms with Gasteiger partial charge in [0.05, 0.1) is 16.8 Å². The lowest BCUT2D eigenvalue weighted by molar-refractivity contribution is 0.669. The van der Waals surface area contributed by atoms with Crippen LogP contribution in [0, 0.1) is 0 Å². The number of para-hydroxylation sites is 3. The highest BCUT2D eigenvalue weighted by molar-refractivity contribution is 6.09. The molecule has 2 heterocycles. The molecule has 0 saturated heterocycles. The summed E-state index contributed by atoms with van der Waals surface area (Å²) >= 11 is 0. The fourth-order valence-electron chi connectivity index (χ4n) is 3.94. The Labute approximate surface area is 167 Å². The summed E-state index contributed by atoms with van der Waals surface area (Å²) in [6.45, 7) is 0. The second-order valence-electron chi connectivity index (χ2n) is 7.06. The molecule has 0 unspecified atom stereocenters. The minimum Gasteiger partial charge on any atom is -0.455 e. The number of fused-ring (bicyclic) bond motifs is 4. The monoisotopic (exact) mass is 372 g/mol. The number of benzene rings is 4. The van der Waals surface area contributed by atoms with Crippen molar-refractivity contribution in [3.8, 4) is 22.6 Å². The maximum atomic E-state index is 6.22. The van der Waals surface area contributed by atoms with Crippen LogP contribution in [0.1, 0.15) is 0 Å². The molecule has 2 aromatic heterocycles. The topological polar surface area (TPSA) is 38.9 Å². The molecule has 136 valence electrons. The zero-order valence-corrected chi connectivity index (χ0v) is 15.5. The molecule has 0 atom stereocenters. The van der Waals surface area contributed by atoms with Crippen LogP contribution in [0.4, 0.5) is 0 Å². The third-order valence-electron chi connectivity index (χ3n) is 5.30. The molecule has 3 nitrogen and oxygen atoms in total. The fraction of sp³-hybridized carbons (Fsp3) is 0. The average Bonchev–Trinajstić information content (AvgIpc) is 3.18. The van der Waals surface area contributed by atoms with Crippen molar-refractivity contribution >= 4 is 32.8 Å². The lowest BCUT2D eigenvalue weighted by atomic mass is 10.0. The maximum absolute atomic E-state index is 6.22. The standard InChI is InChI=1S/C26H16N2O/c1-2-9-17(10-3-1)24-20-12-4-6-15-22(20)27-26(28-24)21-14-8-13-19-18-11-5-7-16-23(18)29-25(19)21/h1-16H. The average molecular weight is 372 g/mol. The Hall–Kier alpha value is -3.98. The zero-order chi connectivity index (χ0) is 19.2. The van der Waals surface area contributed by atoms with Crippen molar-refractivity contribution in [2.45, 2.75) is 0 Å². The van der Waals surface area contributed by atoms with Crippen molar-refractivity contribution < 1.29 is 4.42 Å². The first-order valence-electron chi connectivity index (χ1n) is 9.61. The van der Waals surface area contributed by atoms with Crippen LogP contribution in [0.2, 0.25) is 0 Å². The molecular formula is C26H16N2O. The molecule has 0 aliphatic carbocycles. The number of nitrogens with zero attached hydrogens (tertiary/aromatic N) is 2. The van der Waals surface area contributed by atoms with Gasteiger partial charge >= 0.3 is 0 Å². The highest BCUT2D eigenvalue weighted by atomic mass is 16.3. The van der Waals surface area contributed by atoms with E-state index in [0.717, 1.165) is 49.7 Å². The minimum atomic E-state index is 0.673. The van der Waals surface area contributed by atoms with Crippen molar-refractivity contribution in [2.24, 2.45) is 0 Å². The van der Waals surface area contributed by atoms with E-state index in [-0.39, 0.29) is 0 Å². The van der Waals surface area contributed by atoms with Gasteiger partial charge in [-0.25, -0.2) is 9.97 Å². The lowest BCUT2D eigenvalue weighted by Gasteiger charge is -2.09. The number of hydrogen-bond donors (Lipinski definition) is 0. The van der Waals surface area contributed by atoms with Gasteiger partial charge in [-0.1, -0.05) is 78.9 Å². The predicted molar refractivity (Wildman–Crippen MR) is 118 cm³/mol. The third-order valence-corrected chi connectivity index (χ3v) is 5.30. The van der Waals surface area contributed by atoms with Crippen molar-refractivity contribution in [1.82, 2.24) is 9.97 Å². The Morgan fingerprint density at radius 3 is 2.17 bits per heavy atom. The van der Waals surface area contributed by atoms with Gasteiger partial charge in [0.2, 0.25) is 0 Å². The molecule has 4 aromatic carbocycles. The van der Waals surface area contributed by atoms with Crippen LogP contribution in [0.15, 0.2) is 101 Å². The molecule has 3 heteroatoms. The summed E-state index contributed by atoms with van der Waals surface area (Å²) in [5.41, 5.74) is 5.52. The molecule has 0 fully saturated rings. The van der Waals surface area contributed by atoms with Crippen LogP contribution in [0.25, 0.3) is 55.5 Å². The van der Waals surface area contributed by atoms with Crippen LogP contribution in [0.5, 0.6) is 0 Å². The molecule has 0 spiro atoms. The van der Waals surface area contributed by atoms with Crippen LogP contribution in [0.3, 0.4) is 0 Å². The van der Waals surface area contributed by atoms with Gasteiger partial charge in [-0.3, -0.25) is 0 Å². The van der Waals surface area contributed by atoms with Gasteiger partial charge in [-0.15, -0.1) is 0 Å². The first kappa shape index (κ1) is 16.0. The molecule has 0 saturated carbocycles. The summed E-state index contributed by atoms with van der Waals surface area (Å²) in [6, 6.07) is 32.7. The van der Waals surface area contributed by atoms with Gasteiger partial charge in [-0.05, 0) is 18.2 Å². The molecule has 0 radical (unpaired) electrons. The van der Waals surface area contributed by atoms with Crippen LogP contribution >= 0.6 is 0 Å². The Bertz CT molecular complexity index is 1500. The van der Waals surface area contributed by atoms with E-state index in [4.69, 9.17) is 14.4 Å². The predicted octanol–water partition coefficient (Wildman–Crippen LogP) is 6.86. The lowest BCUT2D eigenvalue weighted by Crippen LogP contribution is -1.95. The van der Waals surface area contributed by atoms with E-state index < -0.39 is 0 Å². The summed E-state index contributed by atoms with van der Waals surface area (Å²) < 4.78 is 6.22. The molecule has 6 rings (SSSR count). The van der Waals surface area contributed by atoms with Crippen molar-refractivity contribution in [3.63, 3.8) is 0 Å². The Balaban J connectivity index is 1.69. The SMILES string of the molecule is c1ccc(-c2nc(-c3cccc4c3oc3ccccc34)nc3ccccc23)cc1. The summed E-state index contributed by atoms with van der Waals surface area (Å²) in [6.07, 6.45) is 0.